The Hall–Kier alpha value is -2.42. The molecule has 2 aromatic rings. The van der Waals surface area contributed by atoms with Gasteiger partial charge in [-0.25, -0.2) is 4.98 Å². The Kier molecular flexibility index (Phi) is 7.75. The highest BCUT2D eigenvalue weighted by molar-refractivity contribution is 7.99. The molecule has 0 radical (unpaired) electrons. The second-order valence-electron chi connectivity index (χ2n) is 3.89. The summed E-state index contributed by atoms with van der Waals surface area (Å²) in [5, 5.41) is 14.7. The highest BCUT2D eigenvalue weighted by Crippen LogP contribution is 2.43. The summed E-state index contributed by atoms with van der Waals surface area (Å²) >= 11 is 1.57. The maximum absolute atomic E-state index is 8.36. The standard InChI is InChI=1S/C13H17N3O3S.CH2O2/c1-5-20-13-14-12(15-16-13)8-6-7-9(17-2)11(19-4)10(8)18-3;2-1-3/h6-7H,5H2,1-4H3,(H,14,15,16);1H,(H,2,3). The lowest BCUT2D eigenvalue weighted by atomic mass is 10.1. The van der Waals surface area contributed by atoms with Gasteiger partial charge in [0.15, 0.2) is 17.3 Å². The first-order valence-corrected chi connectivity index (χ1v) is 7.57. The lowest BCUT2D eigenvalue weighted by molar-refractivity contribution is -0.122. The lowest BCUT2D eigenvalue weighted by Crippen LogP contribution is -1.97. The van der Waals surface area contributed by atoms with Crippen LogP contribution in [0.4, 0.5) is 0 Å². The summed E-state index contributed by atoms with van der Waals surface area (Å²) in [4.78, 5) is 12.8. The van der Waals surface area contributed by atoms with E-state index >= 15 is 0 Å². The molecule has 1 aromatic carbocycles. The summed E-state index contributed by atoms with van der Waals surface area (Å²) < 4.78 is 16.0. The number of rotatable bonds is 6. The Bertz CT molecular complexity index is 633. The monoisotopic (exact) mass is 341 g/mol. The van der Waals surface area contributed by atoms with E-state index in [0.717, 1.165) is 11.3 Å². The second-order valence-corrected chi connectivity index (χ2v) is 5.12. The van der Waals surface area contributed by atoms with Gasteiger partial charge < -0.3 is 19.3 Å². The van der Waals surface area contributed by atoms with Gasteiger partial charge in [0, 0.05) is 0 Å². The van der Waals surface area contributed by atoms with Crippen molar-refractivity contribution < 1.29 is 24.1 Å². The van der Waals surface area contributed by atoms with Gasteiger partial charge in [0.1, 0.15) is 0 Å². The molecule has 2 N–H and O–H groups in total. The molecule has 8 nitrogen and oxygen atoms in total. The van der Waals surface area contributed by atoms with E-state index in [-0.39, 0.29) is 6.47 Å². The Labute approximate surface area is 138 Å². The van der Waals surface area contributed by atoms with Crippen molar-refractivity contribution in [2.24, 2.45) is 0 Å². The molecule has 0 aliphatic heterocycles. The first kappa shape index (κ1) is 18.6. The van der Waals surface area contributed by atoms with Crippen LogP contribution in [0.5, 0.6) is 17.2 Å². The number of thioether (sulfide) groups is 1. The van der Waals surface area contributed by atoms with Crippen LogP contribution in [0.25, 0.3) is 11.4 Å². The van der Waals surface area contributed by atoms with E-state index in [9.17, 15) is 0 Å². The Morgan fingerprint density at radius 1 is 1.22 bits per heavy atom. The number of nitrogens with one attached hydrogen (secondary N) is 1. The van der Waals surface area contributed by atoms with Crippen LogP contribution >= 0.6 is 11.8 Å². The molecule has 1 aromatic heterocycles. The minimum atomic E-state index is -0.250. The van der Waals surface area contributed by atoms with Crippen molar-refractivity contribution in [3.05, 3.63) is 12.1 Å². The average molecular weight is 341 g/mol. The predicted molar refractivity (Wildman–Crippen MR) is 86.6 cm³/mol. The summed E-state index contributed by atoms with van der Waals surface area (Å²) in [6, 6.07) is 3.67. The first-order valence-electron chi connectivity index (χ1n) is 6.59. The second kappa shape index (κ2) is 9.57. The van der Waals surface area contributed by atoms with Gasteiger partial charge in [-0.15, -0.1) is 5.10 Å². The van der Waals surface area contributed by atoms with Gasteiger partial charge in [-0.2, -0.15) is 0 Å². The van der Waals surface area contributed by atoms with E-state index < -0.39 is 0 Å². The molecule has 126 valence electrons. The van der Waals surface area contributed by atoms with Crippen LogP contribution in [0.1, 0.15) is 6.92 Å². The van der Waals surface area contributed by atoms with E-state index in [1.165, 1.54) is 0 Å². The zero-order chi connectivity index (χ0) is 17.2. The van der Waals surface area contributed by atoms with E-state index in [1.807, 2.05) is 12.1 Å². The number of methoxy groups -OCH3 is 3. The number of H-pyrrole nitrogens is 1. The number of aromatic nitrogens is 3. The summed E-state index contributed by atoms with van der Waals surface area (Å²) in [5.41, 5.74) is 0.778. The zero-order valence-electron chi connectivity index (χ0n) is 13.3. The molecule has 9 heteroatoms. The van der Waals surface area contributed by atoms with Crippen LogP contribution < -0.4 is 14.2 Å². The number of carbonyl (C=O) groups is 1. The molecule has 0 atom stereocenters. The van der Waals surface area contributed by atoms with Crippen molar-refractivity contribution in [3.63, 3.8) is 0 Å². The van der Waals surface area contributed by atoms with Gasteiger partial charge in [0.05, 0.1) is 26.9 Å². The molecule has 0 fully saturated rings. The van der Waals surface area contributed by atoms with E-state index in [2.05, 4.69) is 22.1 Å². The van der Waals surface area contributed by atoms with Gasteiger partial charge in [-0.3, -0.25) is 9.89 Å². The molecule has 1 heterocycles. The topological polar surface area (TPSA) is 107 Å². The van der Waals surface area contributed by atoms with Crippen molar-refractivity contribution in [1.82, 2.24) is 15.2 Å². The summed E-state index contributed by atoms with van der Waals surface area (Å²) in [6.45, 7) is 1.80. The van der Waals surface area contributed by atoms with Crippen LogP contribution in [-0.4, -0.2) is 53.8 Å². The third kappa shape index (κ3) is 4.52. The number of hydrogen-bond acceptors (Lipinski definition) is 7. The summed E-state index contributed by atoms with van der Waals surface area (Å²) in [6.07, 6.45) is 0. The Morgan fingerprint density at radius 3 is 2.39 bits per heavy atom. The molecule has 23 heavy (non-hydrogen) atoms. The molecule has 0 aliphatic rings. The molecule has 0 saturated heterocycles. The van der Waals surface area contributed by atoms with Crippen molar-refractivity contribution in [3.8, 4) is 28.6 Å². The van der Waals surface area contributed by atoms with Gasteiger partial charge in [-0.05, 0) is 17.9 Å². The normalized spacial score (nSPS) is 9.57. The van der Waals surface area contributed by atoms with Crippen LogP contribution in [-0.2, 0) is 4.79 Å². The maximum atomic E-state index is 8.36. The Balaban J connectivity index is 0.000000816. The number of benzene rings is 1. The van der Waals surface area contributed by atoms with Crippen molar-refractivity contribution in [2.45, 2.75) is 12.1 Å². The predicted octanol–water partition coefficient (Wildman–Crippen LogP) is 2.31. The quantitative estimate of drug-likeness (QED) is 0.609. The van der Waals surface area contributed by atoms with Crippen molar-refractivity contribution >= 4 is 18.2 Å². The van der Waals surface area contributed by atoms with Crippen LogP contribution in [0.2, 0.25) is 0 Å². The summed E-state index contributed by atoms with van der Waals surface area (Å²) in [5.74, 6) is 3.26. The van der Waals surface area contributed by atoms with Gasteiger partial charge >= 0.3 is 0 Å². The third-order valence-electron chi connectivity index (χ3n) is 2.70. The fourth-order valence-electron chi connectivity index (χ4n) is 1.85. The maximum Gasteiger partial charge on any atom is 0.290 e. The molecule has 0 spiro atoms. The minimum Gasteiger partial charge on any atom is -0.493 e. The van der Waals surface area contributed by atoms with Crippen LogP contribution in [0.15, 0.2) is 17.3 Å². The fraction of sp³-hybridized carbons (Fsp3) is 0.357. The number of aromatic amines is 1. The average Bonchev–Trinajstić information content (AvgIpc) is 3.02. The van der Waals surface area contributed by atoms with E-state index in [4.69, 9.17) is 24.1 Å². The fourth-order valence-corrected chi connectivity index (χ4v) is 2.37. The number of nitrogens with zero attached hydrogens (tertiary/aromatic N) is 2. The summed E-state index contributed by atoms with van der Waals surface area (Å²) in [7, 11) is 4.74. The molecular weight excluding hydrogens is 322 g/mol. The van der Waals surface area contributed by atoms with Crippen LogP contribution in [0, 0.1) is 0 Å². The number of carboxylic acid groups (broad SMARTS) is 1. The smallest absolute Gasteiger partial charge is 0.290 e. The third-order valence-corrected chi connectivity index (χ3v) is 3.43. The van der Waals surface area contributed by atoms with Crippen molar-refractivity contribution in [2.75, 3.05) is 27.1 Å². The highest BCUT2D eigenvalue weighted by atomic mass is 32.2. The molecule has 0 amide bonds. The minimum absolute atomic E-state index is 0.250. The molecule has 0 aliphatic carbocycles. The molecule has 0 unspecified atom stereocenters. The van der Waals surface area contributed by atoms with Crippen LogP contribution in [0.3, 0.4) is 0 Å². The van der Waals surface area contributed by atoms with E-state index in [1.54, 1.807) is 33.1 Å². The van der Waals surface area contributed by atoms with Gasteiger partial charge in [0.2, 0.25) is 10.9 Å². The van der Waals surface area contributed by atoms with Gasteiger partial charge in [-0.1, -0.05) is 18.7 Å². The molecule has 0 bridgehead atoms. The first-order chi connectivity index (χ1) is 11.2. The molecule has 2 rings (SSSR count). The number of hydrogen-bond donors (Lipinski definition) is 2. The lowest BCUT2D eigenvalue weighted by Gasteiger charge is -2.14. The van der Waals surface area contributed by atoms with E-state index in [0.29, 0.717) is 28.2 Å². The largest absolute Gasteiger partial charge is 0.493 e. The van der Waals surface area contributed by atoms with Gasteiger partial charge in [0.25, 0.3) is 6.47 Å². The molecular formula is C14H19N3O5S. The molecule has 0 saturated carbocycles. The highest BCUT2D eigenvalue weighted by Gasteiger charge is 2.19. The SMILES string of the molecule is CCSc1n[nH]c(-c2ccc(OC)c(OC)c2OC)n1.O=CO. The Morgan fingerprint density at radius 2 is 1.87 bits per heavy atom. The number of ether oxygens (including phenoxy) is 3. The van der Waals surface area contributed by atoms with Crippen molar-refractivity contribution in [1.29, 1.82) is 0 Å². The zero-order valence-corrected chi connectivity index (χ0v) is 14.1.